The number of amides is 4. The summed E-state index contributed by atoms with van der Waals surface area (Å²) in [6, 6.07) is 11.4. The summed E-state index contributed by atoms with van der Waals surface area (Å²) < 4.78 is 31.6. The summed E-state index contributed by atoms with van der Waals surface area (Å²) in [7, 11) is 3.44. The van der Waals surface area contributed by atoms with Crippen LogP contribution in [0.5, 0.6) is 23.0 Å². The lowest BCUT2D eigenvalue weighted by Crippen LogP contribution is -2.44. The molecule has 0 aliphatic carbocycles. The third-order valence-electron chi connectivity index (χ3n) is 7.61. The van der Waals surface area contributed by atoms with Crippen LogP contribution in [0, 0.1) is 0 Å². The van der Waals surface area contributed by atoms with Crippen molar-refractivity contribution in [2.75, 3.05) is 40.8 Å². The van der Waals surface area contributed by atoms with E-state index in [0.29, 0.717) is 12.8 Å². The predicted molar refractivity (Wildman–Crippen MR) is 213 cm³/mol. The maximum atomic E-state index is 12.2. The van der Waals surface area contributed by atoms with Crippen LogP contribution in [0.3, 0.4) is 0 Å². The summed E-state index contributed by atoms with van der Waals surface area (Å²) in [5.41, 5.74) is 0.921. The smallest absolute Gasteiger partial charge is 0.408 e. The lowest BCUT2D eigenvalue weighted by Gasteiger charge is -2.26. The first-order valence-electron chi connectivity index (χ1n) is 18.9. The molecule has 2 atom stereocenters. The maximum absolute atomic E-state index is 12.2. The average molecular weight is 775 g/mol. The molecule has 14 heteroatoms. The summed E-state index contributed by atoms with van der Waals surface area (Å²) >= 11 is 0. The second-order valence-electron chi connectivity index (χ2n) is 14.9. The highest BCUT2D eigenvalue weighted by atomic mass is 16.7. The Kier molecular flexibility index (Phi) is 20.2. The van der Waals surface area contributed by atoms with E-state index in [2.05, 4.69) is 24.5 Å². The van der Waals surface area contributed by atoms with Gasteiger partial charge >= 0.3 is 12.2 Å². The van der Waals surface area contributed by atoms with Gasteiger partial charge in [0.25, 0.3) is 0 Å². The minimum Gasteiger partial charge on any atom is -0.454 e. The molecule has 4 rings (SSSR count). The van der Waals surface area contributed by atoms with E-state index in [0.717, 1.165) is 34.1 Å². The van der Waals surface area contributed by atoms with E-state index in [9.17, 15) is 19.2 Å². The van der Waals surface area contributed by atoms with Gasteiger partial charge in [0.1, 0.15) is 24.3 Å². The molecule has 0 spiro atoms. The third-order valence-corrected chi connectivity index (χ3v) is 7.61. The summed E-state index contributed by atoms with van der Waals surface area (Å²) in [6.45, 7) is 23.1. The number of fused-ring (bicyclic) bond motifs is 2. The lowest BCUT2D eigenvalue weighted by molar-refractivity contribution is -0.131. The molecular weight excluding hydrogens is 708 g/mol. The van der Waals surface area contributed by atoms with E-state index in [1.807, 2.05) is 64.1 Å². The van der Waals surface area contributed by atoms with Gasteiger partial charge in [0.15, 0.2) is 23.0 Å². The minimum atomic E-state index is -0.599. The van der Waals surface area contributed by atoms with Crippen LogP contribution >= 0.6 is 0 Å². The molecule has 0 bridgehead atoms. The van der Waals surface area contributed by atoms with Crippen molar-refractivity contribution in [2.24, 2.45) is 0 Å². The summed E-state index contributed by atoms with van der Waals surface area (Å²) in [6.07, 6.45) is 1.40. The predicted octanol–water partition coefficient (Wildman–Crippen LogP) is 7.10. The molecule has 2 unspecified atom stereocenters. The van der Waals surface area contributed by atoms with Crippen LogP contribution in [0.25, 0.3) is 0 Å². The number of hydrogen-bond acceptors (Lipinski definition) is 10. The van der Waals surface area contributed by atoms with Gasteiger partial charge in [-0.3, -0.25) is 9.59 Å². The van der Waals surface area contributed by atoms with E-state index < -0.39 is 23.4 Å². The van der Waals surface area contributed by atoms with Gasteiger partial charge < -0.3 is 48.9 Å². The zero-order valence-corrected chi connectivity index (χ0v) is 35.5. The van der Waals surface area contributed by atoms with Crippen LogP contribution in [-0.2, 0) is 31.9 Å². The summed E-state index contributed by atoms with van der Waals surface area (Å²) in [4.78, 5) is 51.0. The second kappa shape index (κ2) is 23.1. The van der Waals surface area contributed by atoms with Crippen molar-refractivity contribution in [2.45, 2.75) is 126 Å². The number of carbonyl (C=O) groups excluding carboxylic acids is 4. The fourth-order valence-electron chi connectivity index (χ4n) is 4.76. The van der Waals surface area contributed by atoms with Gasteiger partial charge in [0.2, 0.25) is 25.4 Å². The van der Waals surface area contributed by atoms with Gasteiger partial charge in [-0.1, -0.05) is 46.2 Å². The Labute approximate surface area is 328 Å². The molecule has 2 N–H and O–H groups in total. The Morgan fingerprint density at radius 1 is 0.636 bits per heavy atom. The molecule has 0 saturated carbocycles. The number of nitrogens with zero attached hydrogens (tertiary/aromatic N) is 2. The number of ether oxygens (including phenoxy) is 6. The molecule has 2 aliphatic heterocycles. The number of hydrogen-bond donors (Lipinski definition) is 2. The molecule has 2 heterocycles. The Morgan fingerprint density at radius 3 is 1.25 bits per heavy atom. The molecule has 2 aromatic rings. The molecule has 0 aromatic heterocycles. The number of likely N-dealkylation sites (N-methyl/N-ethyl adjacent to an activating group) is 2. The van der Waals surface area contributed by atoms with Crippen LogP contribution in [-0.4, -0.2) is 97.9 Å². The van der Waals surface area contributed by atoms with E-state index >= 15 is 0 Å². The first-order chi connectivity index (χ1) is 25.7. The SMILES string of the molecule is CC.CC(Cc1ccc2c(c1)OCO2)N(C)C(=O)CNC(=O)OC(C)(C)C.CC(Cc1ccc2c(c1)OCO2)N(C)C(=O)CNC(=O)OC(C)(C)C.CCC. The molecule has 0 saturated heterocycles. The van der Waals surface area contributed by atoms with Crippen molar-refractivity contribution in [1.82, 2.24) is 20.4 Å². The van der Waals surface area contributed by atoms with Crippen LogP contribution in [0.4, 0.5) is 9.59 Å². The first kappa shape index (κ1) is 48.1. The Morgan fingerprint density at radius 2 is 0.945 bits per heavy atom. The van der Waals surface area contributed by atoms with Crippen molar-refractivity contribution >= 4 is 24.0 Å². The molecular formula is C41H66N4O10. The standard InChI is InChI=1S/2C18H26N2O5.C3H8.C2H6/c2*1-12(8-13-6-7-14-15(9-13)24-11-23-14)20(5)16(21)10-19-17(22)25-18(2,3)4;1-3-2;1-2/h2*6-7,9,12H,8,10-11H2,1-5H3,(H,19,22);3H2,1-2H3;1-2H3. The van der Waals surface area contributed by atoms with Crippen molar-refractivity contribution in [3.05, 3.63) is 47.5 Å². The lowest BCUT2D eigenvalue weighted by atomic mass is 10.1. The van der Waals surface area contributed by atoms with Gasteiger partial charge in [0, 0.05) is 26.2 Å². The van der Waals surface area contributed by atoms with Crippen molar-refractivity contribution in [1.29, 1.82) is 0 Å². The number of carbonyl (C=O) groups is 4. The van der Waals surface area contributed by atoms with Crippen LogP contribution in [0.2, 0.25) is 0 Å². The van der Waals surface area contributed by atoms with Gasteiger partial charge in [-0.15, -0.1) is 0 Å². The fraction of sp³-hybridized carbons (Fsp3) is 0.610. The highest BCUT2D eigenvalue weighted by Gasteiger charge is 2.23. The Bertz CT molecular complexity index is 1410. The van der Waals surface area contributed by atoms with E-state index in [1.165, 1.54) is 6.42 Å². The third kappa shape index (κ3) is 18.3. The molecule has 2 aromatic carbocycles. The normalized spacial score (nSPS) is 13.1. The molecule has 14 nitrogen and oxygen atoms in total. The number of benzene rings is 2. The maximum Gasteiger partial charge on any atom is 0.408 e. The van der Waals surface area contributed by atoms with Gasteiger partial charge in [-0.05, 0) is 104 Å². The van der Waals surface area contributed by atoms with Crippen LogP contribution in [0.1, 0.15) is 101 Å². The average Bonchev–Trinajstić information content (AvgIpc) is 3.78. The number of alkyl carbamates (subject to hydrolysis) is 2. The largest absolute Gasteiger partial charge is 0.454 e. The van der Waals surface area contributed by atoms with Crippen molar-refractivity contribution < 1.29 is 47.6 Å². The molecule has 4 amide bonds. The molecule has 2 aliphatic rings. The first-order valence-corrected chi connectivity index (χ1v) is 18.9. The highest BCUT2D eigenvalue weighted by Crippen LogP contribution is 2.34. The Hall–Kier alpha value is -4.88. The summed E-state index contributed by atoms with van der Waals surface area (Å²) in [5.74, 6) is 2.57. The topological polar surface area (TPSA) is 154 Å². The minimum absolute atomic E-state index is 0.0340. The van der Waals surface area contributed by atoms with E-state index in [4.69, 9.17) is 28.4 Å². The summed E-state index contributed by atoms with van der Waals surface area (Å²) in [5, 5.41) is 4.97. The molecule has 55 heavy (non-hydrogen) atoms. The van der Waals surface area contributed by atoms with Crippen LogP contribution < -0.4 is 29.6 Å². The number of rotatable bonds is 10. The van der Waals surface area contributed by atoms with E-state index in [1.54, 1.807) is 65.4 Å². The molecule has 310 valence electrons. The van der Waals surface area contributed by atoms with Crippen molar-refractivity contribution in [3.8, 4) is 23.0 Å². The van der Waals surface area contributed by atoms with Gasteiger partial charge in [-0.2, -0.15) is 0 Å². The second-order valence-corrected chi connectivity index (χ2v) is 14.9. The Balaban J connectivity index is 0.000000492. The fourth-order valence-corrected chi connectivity index (χ4v) is 4.76. The highest BCUT2D eigenvalue weighted by molar-refractivity contribution is 5.83. The molecule has 0 fully saturated rings. The number of nitrogens with one attached hydrogen (secondary N) is 2. The monoisotopic (exact) mass is 774 g/mol. The van der Waals surface area contributed by atoms with Gasteiger partial charge in [-0.25, -0.2) is 9.59 Å². The molecule has 0 radical (unpaired) electrons. The zero-order chi connectivity index (χ0) is 41.9. The zero-order valence-electron chi connectivity index (χ0n) is 35.5. The van der Waals surface area contributed by atoms with Gasteiger partial charge in [0.05, 0.1) is 0 Å². The van der Waals surface area contributed by atoms with Crippen LogP contribution in [0.15, 0.2) is 36.4 Å². The van der Waals surface area contributed by atoms with Crippen molar-refractivity contribution in [3.63, 3.8) is 0 Å². The van der Waals surface area contributed by atoms with E-state index in [-0.39, 0.29) is 50.6 Å². The quantitative estimate of drug-likeness (QED) is 0.256.